The Balaban J connectivity index is 1.67. The Morgan fingerprint density at radius 1 is 1.30 bits per heavy atom. The van der Waals surface area contributed by atoms with Crippen LogP contribution in [0.15, 0.2) is 36.5 Å². The molecule has 1 amide bonds. The molecular formula is C18H20N4O. The minimum absolute atomic E-state index is 0.140. The predicted octanol–water partition coefficient (Wildman–Crippen LogP) is 2.84. The molecule has 0 saturated carbocycles. The first-order valence-electron chi connectivity index (χ1n) is 7.99. The molecule has 1 atom stereocenters. The lowest BCUT2D eigenvalue weighted by atomic mass is 10.1. The summed E-state index contributed by atoms with van der Waals surface area (Å²) in [5, 5.41) is 8.10. The van der Waals surface area contributed by atoms with E-state index in [0.29, 0.717) is 5.92 Å². The topological polar surface area (TPSA) is 53.9 Å². The molecule has 0 unspecified atom stereocenters. The van der Waals surface area contributed by atoms with Crippen molar-refractivity contribution in [3.05, 3.63) is 53.5 Å². The molecule has 1 aliphatic rings. The second kappa shape index (κ2) is 5.26. The number of carbonyl (C=O) groups excluding carboxylic acids is 1. The van der Waals surface area contributed by atoms with Gasteiger partial charge in [-0.15, -0.1) is 0 Å². The first-order chi connectivity index (χ1) is 11.2. The van der Waals surface area contributed by atoms with Gasteiger partial charge in [-0.1, -0.05) is 18.2 Å². The van der Waals surface area contributed by atoms with Gasteiger partial charge in [0.05, 0.1) is 5.56 Å². The SMILES string of the molecule is Cc1c(C(=O)N2CC[C@@H](c3ccn[nH]3)C2)c2ccccc2n1C. The minimum atomic E-state index is 0.140. The van der Waals surface area contributed by atoms with Crippen LogP contribution in [0.3, 0.4) is 0 Å². The van der Waals surface area contributed by atoms with Crippen LogP contribution < -0.4 is 0 Å². The molecule has 1 aliphatic heterocycles. The standard InChI is InChI=1S/C18H20N4O/c1-12-17(14-5-3-4-6-16(14)21(12)2)18(23)22-10-8-13(11-22)15-7-9-19-20-15/h3-7,9,13H,8,10-11H2,1-2H3,(H,19,20)/t13-/m1/s1. The zero-order chi connectivity index (χ0) is 16.0. The number of carbonyl (C=O) groups is 1. The minimum Gasteiger partial charge on any atom is -0.347 e. The molecule has 0 aliphatic carbocycles. The second-order valence-electron chi connectivity index (χ2n) is 6.29. The largest absolute Gasteiger partial charge is 0.347 e. The first kappa shape index (κ1) is 14.1. The van der Waals surface area contributed by atoms with Crippen molar-refractivity contribution in [3.63, 3.8) is 0 Å². The van der Waals surface area contributed by atoms with Crippen molar-refractivity contribution in [2.24, 2.45) is 7.05 Å². The van der Waals surface area contributed by atoms with Crippen LogP contribution in [-0.2, 0) is 7.05 Å². The summed E-state index contributed by atoms with van der Waals surface area (Å²) in [5.74, 6) is 0.498. The van der Waals surface area contributed by atoms with Gasteiger partial charge >= 0.3 is 0 Å². The van der Waals surface area contributed by atoms with Crippen LogP contribution in [0.2, 0.25) is 0 Å². The Hall–Kier alpha value is -2.56. The number of para-hydroxylation sites is 1. The van der Waals surface area contributed by atoms with E-state index < -0.39 is 0 Å². The number of likely N-dealkylation sites (tertiary alicyclic amines) is 1. The number of fused-ring (bicyclic) bond motifs is 1. The van der Waals surface area contributed by atoms with Gasteiger partial charge < -0.3 is 9.47 Å². The number of amides is 1. The molecule has 3 heterocycles. The van der Waals surface area contributed by atoms with Crippen LogP contribution in [0.5, 0.6) is 0 Å². The van der Waals surface area contributed by atoms with E-state index in [1.807, 2.05) is 43.1 Å². The van der Waals surface area contributed by atoms with E-state index >= 15 is 0 Å². The number of benzene rings is 1. The average Bonchev–Trinajstić information content (AvgIpc) is 3.28. The summed E-state index contributed by atoms with van der Waals surface area (Å²) in [5.41, 5.74) is 4.10. The van der Waals surface area contributed by atoms with Crippen LogP contribution in [0, 0.1) is 6.92 Å². The predicted molar refractivity (Wildman–Crippen MR) is 89.5 cm³/mol. The van der Waals surface area contributed by atoms with Gasteiger partial charge in [0.1, 0.15) is 0 Å². The van der Waals surface area contributed by atoms with Crippen molar-refractivity contribution >= 4 is 16.8 Å². The monoisotopic (exact) mass is 308 g/mol. The quantitative estimate of drug-likeness (QED) is 0.791. The lowest BCUT2D eigenvalue weighted by Crippen LogP contribution is -2.29. The molecule has 1 saturated heterocycles. The molecule has 1 fully saturated rings. The van der Waals surface area contributed by atoms with Crippen LogP contribution in [-0.4, -0.2) is 38.7 Å². The van der Waals surface area contributed by atoms with Crippen molar-refractivity contribution in [3.8, 4) is 0 Å². The Morgan fingerprint density at radius 3 is 2.91 bits per heavy atom. The molecule has 5 heteroatoms. The van der Waals surface area contributed by atoms with Gasteiger partial charge in [0, 0.05) is 54.5 Å². The number of nitrogens with one attached hydrogen (secondary N) is 1. The van der Waals surface area contributed by atoms with E-state index in [4.69, 9.17) is 0 Å². The Bertz CT molecular complexity index is 863. The number of aryl methyl sites for hydroxylation is 1. The molecule has 118 valence electrons. The lowest BCUT2D eigenvalue weighted by Gasteiger charge is -2.16. The fourth-order valence-electron chi connectivity index (χ4n) is 3.64. The highest BCUT2D eigenvalue weighted by Gasteiger charge is 2.31. The number of hydrogen-bond donors (Lipinski definition) is 1. The highest BCUT2D eigenvalue weighted by atomic mass is 16.2. The van der Waals surface area contributed by atoms with Crippen molar-refractivity contribution in [2.75, 3.05) is 13.1 Å². The number of hydrogen-bond acceptors (Lipinski definition) is 2. The Kier molecular flexibility index (Phi) is 3.22. The van der Waals surface area contributed by atoms with Crippen molar-refractivity contribution in [2.45, 2.75) is 19.3 Å². The van der Waals surface area contributed by atoms with Crippen LogP contribution in [0.25, 0.3) is 10.9 Å². The maximum absolute atomic E-state index is 13.1. The summed E-state index contributed by atoms with van der Waals surface area (Å²) >= 11 is 0. The molecule has 4 rings (SSSR count). The third-order valence-corrected chi connectivity index (χ3v) is 5.05. The summed E-state index contributed by atoms with van der Waals surface area (Å²) in [6.45, 7) is 3.57. The number of aromatic nitrogens is 3. The second-order valence-corrected chi connectivity index (χ2v) is 6.29. The summed E-state index contributed by atoms with van der Waals surface area (Å²) in [6, 6.07) is 10.1. The molecule has 0 bridgehead atoms. The maximum atomic E-state index is 13.1. The Morgan fingerprint density at radius 2 is 2.13 bits per heavy atom. The number of aromatic amines is 1. The number of nitrogens with zero attached hydrogens (tertiary/aromatic N) is 3. The fourth-order valence-corrected chi connectivity index (χ4v) is 3.64. The first-order valence-corrected chi connectivity index (χ1v) is 7.99. The molecule has 3 aromatic rings. The molecule has 5 nitrogen and oxygen atoms in total. The molecule has 1 N–H and O–H groups in total. The normalized spacial score (nSPS) is 18.0. The Labute approximate surface area is 134 Å². The van der Waals surface area contributed by atoms with Gasteiger partial charge in [0.15, 0.2) is 0 Å². The van der Waals surface area contributed by atoms with Crippen LogP contribution in [0.1, 0.15) is 34.1 Å². The van der Waals surface area contributed by atoms with E-state index in [1.54, 1.807) is 6.20 Å². The molecule has 2 aromatic heterocycles. The molecular weight excluding hydrogens is 288 g/mol. The summed E-state index contributed by atoms with van der Waals surface area (Å²) in [4.78, 5) is 15.1. The van der Waals surface area contributed by atoms with Gasteiger partial charge in [-0.3, -0.25) is 9.89 Å². The van der Waals surface area contributed by atoms with Gasteiger partial charge in [0.25, 0.3) is 5.91 Å². The van der Waals surface area contributed by atoms with E-state index in [0.717, 1.165) is 47.4 Å². The third kappa shape index (κ3) is 2.15. The summed E-state index contributed by atoms with van der Waals surface area (Å²) in [6.07, 6.45) is 2.76. The highest BCUT2D eigenvalue weighted by molar-refractivity contribution is 6.08. The van der Waals surface area contributed by atoms with E-state index in [-0.39, 0.29) is 5.91 Å². The fraction of sp³-hybridized carbons (Fsp3) is 0.333. The summed E-state index contributed by atoms with van der Waals surface area (Å²) < 4.78 is 2.10. The zero-order valence-electron chi connectivity index (χ0n) is 13.4. The molecule has 1 aromatic carbocycles. The summed E-state index contributed by atoms with van der Waals surface area (Å²) in [7, 11) is 2.02. The highest BCUT2D eigenvalue weighted by Crippen LogP contribution is 2.30. The van der Waals surface area contributed by atoms with Gasteiger partial charge in [-0.05, 0) is 25.5 Å². The van der Waals surface area contributed by atoms with Crippen molar-refractivity contribution in [1.82, 2.24) is 19.7 Å². The van der Waals surface area contributed by atoms with Gasteiger partial charge in [0.2, 0.25) is 0 Å². The van der Waals surface area contributed by atoms with E-state index in [9.17, 15) is 4.79 Å². The van der Waals surface area contributed by atoms with Crippen LogP contribution >= 0.6 is 0 Å². The third-order valence-electron chi connectivity index (χ3n) is 5.05. The smallest absolute Gasteiger partial charge is 0.256 e. The molecule has 23 heavy (non-hydrogen) atoms. The molecule has 0 spiro atoms. The van der Waals surface area contributed by atoms with Gasteiger partial charge in [-0.2, -0.15) is 5.10 Å². The molecule has 0 radical (unpaired) electrons. The van der Waals surface area contributed by atoms with Crippen LogP contribution in [0.4, 0.5) is 0 Å². The number of H-pyrrole nitrogens is 1. The zero-order valence-corrected chi connectivity index (χ0v) is 13.4. The van der Waals surface area contributed by atoms with E-state index in [1.165, 1.54) is 0 Å². The number of rotatable bonds is 2. The van der Waals surface area contributed by atoms with E-state index in [2.05, 4.69) is 20.8 Å². The van der Waals surface area contributed by atoms with Gasteiger partial charge in [-0.25, -0.2) is 0 Å². The van der Waals surface area contributed by atoms with Crippen molar-refractivity contribution in [1.29, 1.82) is 0 Å². The maximum Gasteiger partial charge on any atom is 0.256 e. The lowest BCUT2D eigenvalue weighted by molar-refractivity contribution is 0.0791. The van der Waals surface area contributed by atoms with Crippen molar-refractivity contribution < 1.29 is 4.79 Å². The average molecular weight is 308 g/mol.